The molecule has 140 valence electrons. The lowest BCUT2D eigenvalue weighted by Crippen LogP contribution is -2.20. The Labute approximate surface area is 161 Å². The van der Waals surface area contributed by atoms with Gasteiger partial charge in [0, 0.05) is 0 Å². The van der Waals surface area contributed by atoms with E-state index in [9.17, 15) is 9.90 Å². The molecule has 0 spiro atoms. The molecule has 4 rings (SSSR count). The molecule has 7 nitrogen and oxygen atoms in total. The Bertz CT molecular complexity index is 1240. The van der Waals surface area contributed by atoms with Crippen molar-refractivity contribution in [3.63, 3.8) is 0 Å². The molecule has 0 aliphatic heterocycles. The summed E-state index contributed by atoms with van der Waals surface area (Å²) in [5.41, 5.74) is 2.28. The van der Waals surface area contributed by atoms with E-state index in [-0.39, 0.29) is 11.4 Å². The van der Waals surface area contributed by atoms with E-state index in [1.807, 2.05) is 43.3 Å². The molecule has 0 aliphatic carbocycles. The number of hydrogen-bond donors (Lipinski definition) is 1. The van der Waals surface area contributed by atoms with E-state index in [1.54, 1.807) is 25.1 Å². The third-order valence-electron chi connectivity index (χ3n) is 4.53. The van der Waals surface area contributed by atoms with Crippen molar-refractivity contribution in [1.29, 1.82) is 0 Å². The molecule has 2 aromatic heterocycles. The highest BCUT2D eigenvalue weighted by Gasteiger charge is 2.16. The fourth-order valence-electron chi connectivity index (χ4n) is 3.09. The number of rotatable bonds is 4. The zero-order valence-corrected chi connectivity index (χ0v) is 15.6. The molecular weight excluding hydrogens is 354 g/mol. The van der Waals surface area contributed by atoms with Crippen LogP contribution >= 0.6 is 0 Å². The van der Waals surface area contributed by atoms with Crippen molar-refractivity contribution in [2.24, 2.45) is 5.10 Å². The molecule has 7 heteroatoms. The Morgan fingerprint density at radius 3 is 2.57 bits per heavy atom. The first kappa shape index (κ1) is 17.7. The van der Waals surface area contributed by atoms with Gasteiger partial charge in [0.05, 0.1) is 34.1 Å². The van der Waals surface area contributed by atoms with Crippen molar-refractivity contribution in [1.82, 2.24) is 19.4 Å². The number of benzene rings is 2. The van der Waals surface area contributed by atoms with Gasteiger partial charge >= 0.3 is 0 Å². The van der Waals surface area contributed by atoms with Crippen molar-refractivity contribution >= 4 is 17.1 Å². The van der Waals surface area contributed by atoms with Crippen LogP contribution in [-0.2, 0) is 6.42 Å². The predicted molar refractivity (Wildman–Crippen MR) is 108 cm³/mol. The van der Waals surface area contributed by atoms with Crippen LogP contribution < -0.4 is 5.56 Å². The first-order valence-corrected chi connectivity index (χ1v) is 8.99. The van der Waals surface area contributed by atoms with Gasteiger partial charge in [-0.25, -0.2) is 9.67 Å². The Morgan fingerprint density at radius 2 is 1.82 bits per heavy atom. The minimum Gasteiger partial charge on any atom is -0.493 e. The molecule has 0 amide bonds. The smallest absolute Gasteiger partial charge is 0.282 e. The van der Waals surface area contributed by atoms with Crippen molar-refractivity contribution in [2.45, 2.75) is 20.3 Å². The van der Waals surface area contributed by atoms with Crippen molar-refractivity contribution in [2.75, 3.05) is 0 Å². The summed E-state index contributed by atoms with van der Waals surface area (Å²) in [4.78, 5) is 17.2. The largest absolute Gasteiger partial charge is 0.493 e. The number of aromatic nitrogens is 4. The van der Waals surface area contributed by atoms with Gasteiger partial charge in [-0.15, -0.1) is 0 Å². The van der Waals surface area contributed by atoms with Gasteiger partial charge in [0.25, 0.3) is 5.56 Å². The fraction of sp³-hybridized carbons (Fsp3) is 0.143. The van der Waals surface area contributed by atoms with E-state index < -0.39 is 0 Å². The predicted octanol–water partition coefficient (Wildman–Crippen LogP) is 3.04. The molecule has 0 fully saturated rings. The van der Waals surface area contributed by atoms with Gasteiger partial charge in [-0.1, -0.05) is 37.3 Å². The second-order valence-corrected chi connectivity index (χ2v) is 6.32. The van der Waals surface area contributed by atoms with Crippen molar-refractivity contribution in [3.8, 4) is 11.6 Å². The molecule has 0 atom stereocenters. The normalized spacial score (nSPS) is 11.5. The van der Waals surface area contributed by atoms with Gasteiger partial charge in [-0.3, -0.25) is 4.79 Å². The van der Waals surface area contributed by atoms with Crippen LogP contribution in [0, 0.1) is 6.92 Å². The van der Waals surface area contributed by atoms with Crippen LogP contribution in [-0.4, -0.2) is 30.8 Å². The van der Waals surface area contributed by atoms with E-state index >= 15 is 0 Å². The Morgan fingerprint density at radius 1 is 1.11 bits per heavy atom. The van der Waals surface area contributed by atoms with Crippen LogP contribution in [0.1, 0.15) is 24.0 Å². The summed E-state index contributed by atoms with van der Waals surface area (Å²) in [6, 6.07) is 16.5. The zero-order valence-electron chi connectivity index (χ0n) is 15.6. The second kappa shape index (κ2) is 7.11. The monoisotopic (exact) mass is 373 g/mol. The minimum atomic E-state index is -0.257. The van der Waals surface area contributed by atoms with E-state index in [0.29, 0.717) is 34.4 Å². The zero-order chi connectivity index (χ0) is 19.7. The third-order valence-corrected chi connectivity index (χ3v) is 4.53. The standard InChI is InChI=1S/C21H19N5O2/c1-3-18-17(21(28)26(24-18)15-9-5-4-6-10-15)13-22-25-14(2)23-19-12-8-7-11-16(19)20(25)27/h4-13,28H,3H2,1-2H3. The van der Waals surface area contributed by atoms with Crippen LogP contribution in [0.15, 0.2) is 64.5 Å². The number of aryl methyl sites for hydroxylation is 2. The van der Waals surface area contributed by atoms with Crippen molar-refractivity contribution in [3.05, 3.63) is 82.0 Å². The summed E-state index contributed by atoms with van der Waals surface area (Å²) in [5.74, 6) is 0.444. The SMILES string of the molecule is CCc1nn(-c2ccccc2)c(O)c1C=Nn1c(C)nc2ccccc2c1=O. The molecular formula is C21H19N5O2. The highest BCUT2D eigenvalue weighted by molar-refractivity contribution is 5.85. The second-order valence-electron chi connectivity index (χ2n) is 6.32. The van der Waals surface area contributed by atoms with Crippen LogP contribution in [0.4, 0.5) is 0 Å². The molecule has 2 aromatic carbocycles. The van der Waals surface area contributed by atoms with Gasteiger partial charge in [0.15, 0.2) is 0 Å². The van der Waals surface area contributed by atoms with E-state index in [1.165, 1.54) is 15.6 Å². The Balaban J connectivity index is 1.82. The summed E-state index contributed by atoms with van der Waals surface area (Å²) in [7, 11) is 0. The Hall–Kier alpha value is -3.74. The molecule has 0 saturated heterocycles. The van der Waals surface area contributed by atoms with E-state index in [2.05, 4.69) is 15.2 Å². The number of aromatic hydroxyl groups is 1. The maximum absolute atomic E-state index is 12.8. The average Bonchev–Trinajstić information content (AvgIpc) is 3.04. The average molecular weight is 373 g/mol. The summed E-state index contributed by atoms with van der Waals surface area (Å²) in [5, 5.41) is 20.0. The third kappa shape index (κ3) is 2.96. The quantitative estimate of drug-likeness (QED) is 0.557. The van der Waals surface area contributed by atoms with Crippen LogP contribution in [0.2, 0.25) is 0 Å². The lowest BCUT2D eigenvalue weighted by Gasteiger charge is -2.05. The number of fused-ring (bicyclic) bond motifs is 1. The summed E-state index contributed by atoms with van der Waals surface area (Å²) < 4.78 is 2.70. The van der Waals surface area contributed by atoms with Crippen LogP contribution in [0.25, 0.3) is 16.6 Å². The van der Waals surface area contributed by atoms with Gasteiger partial charge in [0.2, 0.25) is 5.88 Å². The molecule has 0 unspecified atom stereocenters. The molecule has 0 aliphatic rings. The number of hydrogen-bond acceptors (Lipinski definition) is 5. The van der Waals surface area contributed by atoms with Crippen LogP contribution in [0.5, 0.6) is 5.88 Å². The summed E-state index contributed by atoms with van der Waals surface area (Å²) in [6.07, 6.45) is 2.07. The summed E-state index contributed by atoms with van der Waals surface area (Å²) in [6.45, 7) is 3.67. The molecule has 0 saturated carbocycles. The maximum atomic E-state index is 12.8. The Kier molecular flexibility index (Phi) is 4.49. The minimum absolute atomic E-state index is 0.0220. The molecule has 2 heterocycles. The molecule has 4 aromatic rings. The topological polar surface area (TPSA) is 85.3 Å². The number of para-hydroxylation sites is 2. The van der Waals surface area contributed by atoms with E-state index in [0.717, 1.165) is 5.69 Å². The highest BCUT2D eigenvalue weighted by Crippen LogP contribution is 2.24. The highest BCUT2D eigenvalue weighted by atomic mass is 16.3. The molecule has 28 heavy (non-hydrogen) atoms. The van der Waals surface area contributed by atoms with Gasteiger partial charge in [-0.05, 0) is 37.6 Å². The summed E-state index contributed by atoms with van der Waals surface area (Å²) >= 11 is 0. The van der Waals surface area contributed by atoms with Gasteiger partial charge in [0.1, 0.15) is 5.82 Å². The van der Waals surface area contributed by atoms with Crippen molar-refractivity contribution < 1.29 is 5.11 Å². The lowest BCUT2D eigenvalue weighted by atomic mass is 10.2. The van der Waals surface area contributed by atoms with Gasteiger partial charge < -0.3 is 5.11 Å². The first-order chi connectivity index (χ1) is 13.6. The molecule has 0 radical (unpaired) electrons. The van der Waals surface area contributed by atoms with Gasteiger partial charge in [-0.2, -0.15) is 14.9 Å². The van der Waals surface area contributed by atoms with Crippen LogP contribution in [0.3, 0.4) is 0 Å². The molecule has 0 bridgehead atoms. The first-order valence-electron chi connectivity index (χ1n) is 8.99. The maximum Gasteiger partial charge on any atom is 0.282 e. The number of nitrogens with zero attached hydrogens (tertiary/aromatic N) is 5. The lowest BCUT2D eigenvalue weighted by molar-refractivity contribution is 0.433. The van der Waals surface area contributed by atoms with E-state index in [4.69, 9.17) is 0 Å². The molecule has 1 N–H and O–H groups in total. The fourth-order valence-corrected chi connectivity index (χ4v) is 3.09.